The van der Waals surface area contributed by atoms with E-state index in [-0.39, 0.29) is 6.03 Å². The Bertz CT molecular complexity index is 673. The molecule has 0 saturated heterocycles. The Morgan fingerprint density at radius 1 is 1.08 bits per heavy atom. The van der Waals surface area contributed by atoms with Crippen molar-refractivity contribution in [3.8, 4) is 11.5 Å². The number of para-hydroxylation sites is 3. The second kappa shape index (κ2) is 8.82. The SMILES string of the molecule is COc1ccccc1NC(=O)N(C)CCCOc1ccccc1C. The number of rotatable bonds is 7. The van der Waals surface area contributed by atoms with Crippen molar-refractivity contribution in [3.05, 3.63) is 54.1 Å². The lowest BCUT2D eigenvalue weighted by atomic mass is 10.2. The van der Waals surface area contributed by atoms with Crippen molar-refractivity contribution in [3.63, 3.8) is 0 Å². The molecule has 0 aliphatic carbocycles. The van der Waals surface area contributed by atoms with E-state index >= 15 is 0 Å². The zero-order chi connectivity index (χ0) is 17.4. The van der Waals surface area contributed by atoms with Gasteiger partial charge in [-0.05, 0) is 37.1 Å². The molecule has 0 spiro atoms. The number of urea groups is 1. The van der Waals surface area contributed by atoms with Gasteiger partial charge in [-0.3, -0.25) is 0 Å². The second-order valence-corrected chi connectivity index (χ2v) is 5.52. The van der Waals surface area contributed by atoms with Crippen molar-refractivity contribution in [2.45, 2.75) is 13.3 Å². The van der Waals surface area contributed by atoms with Crippen LogP contribution in [0.2, 0.25) is 0 Å². The fourth-order valence-electron chi connectivity index (χ4n) is 2.26. The second-order valence-electron chi connectivity index (χ2n) is 5.52. The number of hydrogen-bond acceptors (Lipinski definition) is 3. The highest BCUT2D eigenvalue weighted by Gasteiger charge is 2.11. The molecule has 0 fully saturated rings. The predicted molar refractivity (Wildman–Crippen MR) is 95.9 cm³/mol. The summed E-state index contributed by atoms with van der Waals surface area (Å²) in [6.45, 7) is 3.19. The molecule has 2 amide bonds. The molecule has 1 N–H and O–H groups in total. The van der Waals surface area contributed by atoms with Crippen LogP contribution < -0.4 is 14.8 Å². The molecule has 0 bridgehead atoms. The number of carbonyl (C=O) groups excluding carboxylic acids is 1. The smallest absolute Gasteiger partial charge is 0.321 e. The van der Waals surface area contributed by atoms with Crippen LogP contribution in [0, 0.1) is 6.92 Å². The maximum Gasteiger partial charge on any atom is 0.321 e. The highest BCUT2D eigenvalue weighted by Crippen LogP contribution is 2.23. The molecule has 2 rings (SSSR count). The van der Waals surface area contributed by atoms with E-state index in [1.54, 1.807) is 19.1 Å². The normalized spacial score (nSPS) is 10.1. The van der Waals surface area contributed by atoms with Crippen LogP contribution in [0.1, 0.15) is 12.0 Å². The van der Waals surface area contributed by atoms with E-state index in [0.717, 1.165) is 17.7 Å². The first-order valence-electron chi connectivity index (χ1n) is 7.95. The number of nitrogens with one attached hydrogen (secondary N) is 1. The molecule has 0 aromatic heterocycles. The van der Waals surface area contributed by atoms with Crippen LogP contribution in [0.5, 0.6) is 11.5 Å². The Morgan fingerprint density at radius 3 is 2.46 bits per heavy atom. The van der Waals surface area contributed by atoms with Gasteiger partial charge in [-0.2, -0.15) is 0 Å². The highest BCUT2D eigenvalue weighted by molar-refractivity contribution is 5.90. The molecule has 128 valence electrons. The fourth-order valence-corrected chi connectivity index (χ4v) is 2.26. The Labute approximate surface area is 143 Å². The van der Waals surface area contributed by atoms with Gasteiger partial charge >= 0.3 is 6.03 Å². The van der Waals surface area contributed by atoms with Crippen molar-refractivity contribution in [1.82, 2.24) is 4.90 Å². The van der Waals surface area contributed by atoms with Crippen LogP contribution >= 0.6 is 0 Å². The van der Waals surface area contributed by atoms with Gasteiger partial charge in [0.15, 0.2) is 0 Å². The molecule has 0 heterocycles. The summed E-state index contributed by atoms with van der Waals surface area (Å²) in [6.07, 6.45) is 0.754. The van der Waals surface area contributed by atoms with Crippen molar-refractivity contribution >= 4 is 11.7 Å². The van der Waals surface area contributed by atoms with Crippen LogP contribution in [0.25, 0.3) is 0 Å². The van der Waals surface area contributed by atoms with Crippen LogP contribution in [0.4, 0.5) is 10.5 Å². The number of nitrogens with zero attached hydrogens (tertiary/aromatic N) is 1. The van der Waals surface area contributed by atoms with Crippen LogP contribution in [0.3, 0.4) is 0 Å². The first kappa shape index (κ1) is 17.7. The van der Waals surface area contributed by atoms with Crippen molar-refractivity contribution in [1.29, 1.82) is 0 Å². The molecule has 2 aromatic rings. The fraction of sp³-hybridized carbons (Fsp3) is 0.316. The third-order valence-electron chi connectivity index (χ3n) is 3.68. The van der Waals surface area contributed by atoms with E-state index < -0.39 is 0 Å². The molecule has 0 aliphatic heterocycles. The lowest BCUT2D eigenvalue weighted by Crippen LogP contribution is -2.32. The lowest BCUT2D eigenvalue weighted by molar-refractivity contribution is 0.216. The molecule has 5 nitrogen and oxygen atoms in total. The summed E-state index contributed by atoms with van der Waals surface area (Å²) in [5.41, 5.74) is 1.77. The number of aryl methyl sites for hydroxylation is 1. The Morgan fingerprint density at radius 2 is 1.75 bits per heavy atom. The van der Waals surface area contributed by atoms with Crippen molar-refractivity contribution in [2.75, 3.05) is 32.6 Å². The minimum atomic E-state index is -0.171. The van der Waals surface area contributed by atoms with Gasteiger partial charge in [-0.15, -0.1) is 0 Å². The molecule has 0 saturated carbocycles. The van der Waals surface area contributed by atoms with Crippen LogP contribution in [-0.4, -0.2) is 38.2 Å². The molecule has 0 radical (unpaired) electrons. The van der Waals surface area contributed by atoms with Crippen LogP contribution in [0.15, 0.2) is 48.5 Å². The summed E-state index contributed by atoms with van der Waals surface area (Å²) >= 11 is 0. The predicted octanol–water partition coefficient (Wildman–Crippen LogP) is 3.94. The number of amides is 2. The molecule has 24 heavy (non-hydrogen) atoms. The lowest BCUT2D eigenvalue weighted by Gasteiger charge is -2.19. The summed E-state index contributed by atoms with van der Waals surface area (Å²) in [5.74, 6) is 1.53. The van der Waals surface area contributed by atoms with E-state index in [2.05, 4.69) is 5.32 Å². The van der Waals surface area contributed by atoms with Crippen LogP contribution in [-0.2, 0) is 0 Å². The standard InChI is InChI=1S/C19H24N2O3/c1-15-9-4-6-11-17(15)24-14-8-13-21(2)19(22)20-16-10-5-7-12-18(16)23-3/h4-7,9-12H,8,13-14H2,1-3H3,(H,20,22). The number of hydrogen-bond donors (Lipinski definition) is 1. The average molecular weight is 328 g/mol. The summed E-state index contributed by atoms with van der Waals surface area (Å²) in [6, 6.07) is 15.1. The number of anilines is 1. The van der Waals surface area contributed by atoms with Gasteiger partial charge in [-0.1, -0.05) is 30.3 Å². The third kappa shape index (κ3) is 4.91. The molecule has 5 heteroatoms. The minimum Gasteiger partial charge on any atom is -0.495 e. The minimum absolute atomic E-state index is 0.171. The van der Waals surface area contributed by atoms with E-state index in [0.29, 0.717) is 24.6 Å². The molecule has 0 aliphatic rings. The van der Waals surface area contributed by atoms with Crippen molar-refractivity contribution in [2.24, 2.45) is 0 Å². The van der Waals surface area contributed by atoms with Crippen molar-refractivity contribution < 1.29 is 14.3 Å². The molecule has 2 aromatic carbocycles. The Kier molecular flexibility index (Phi) is 6.49. The third-order valence-corrected chi connectivity index (χ3v) is 3.68. The van der Waals surface area contributed by atoms with Gasteiger partial charge in [0.05, 0.1) is 19.4 Å². The van der Waals surface area contributed by atoms with E-state index in [4.69, 9.17) is 9.47 Å². The first-order chi connectivity index (χ1) is 11.6. The number of benzene rings is 2. The van der Waals surface area contributed by atoms with Gasteiger partial charge in [0.25, 0.3) is 0 Å². The Hall–Kier alpha value is -2.69. The van der Waals surface area contributed by atoms with Gasteiger partial charge < -0.3 is 19.7 Å². The summed E-state index contributed by atoms with van der Waals surface area (Å²) in [4.78, 5) is 13.8. The van der Waals surface area contributed by atoms with Gasteiger partial charge in [-0.25, -0.2) is 4.79 Å². The average Bonchev–Trinajstić information content (AvgIpc) is 2.60. The molecule has 0 atom stereocenters. The highest BCUT2D eigenvalue weighted by atomic mass is 16.5. The molecular formula is C19H24N2O3. The topological polar surface area (TPSA) is 50.8 Å². The first-order valence-corrected chi connectivity index (χ1v) is 7.95. The maximum atomic E-state index is 12.2. The zero-order valence-corrected chi connectivity index (χ0v) is 14.4. The summed E-state index contributed by atoms with van der Waals surface area (Å²) in [7, 11) is 3.34. The number of ether oxygens (including phenoxy) is 2. The zero-order valence-electron chi connectivity index (χ0n) is 14.4. The maximum absolute atomic E-state index is 12.2. The largest absolute Gasteiger partial charge is 0.495 e. The van der Waals surface area contributed by atoms with E-state index in [1.165, 1.54) is 0 Å². The molecular weight excluding hydrogens is 304 g/mol. The monoisotopic (exact) mass is 328 g/mol. The number of carbonyl (C=O) groups is 1. The summed E-state index contributed by atoms with van der Waals surface area (Å²) < 4.78 is 11.0. The quantitative estimate of drug-likeness (QED) is 0.783. The summed E-state index contributed by atoms with van der Waals surface area (Å²) in [5, 5.41) is 2.85. The van der Waals surface area contributed by atoms with Gasteiger partial charge in [0.1, 0.15) is 11.5 Å². The van der Waals surface area contributed by atoms with E-state index in [9.17, 15) is 4.79 Å². The number of methoxy groups -OCH3 is 1. The van der Waals surface area contributed by atoms with Gasteiger partial charge in [0.2, 0.25) is 0 Å². The Balaban J connectivity index is 1.77. The van der Waals surface area contributed by atoms with E-state index in [1.807, 2.05) is 55.5 Å². The molecule has 0 unspecified atom stereocenters. The van der Waals surface area contributed by atoms with Gasteiger partial charge in [0, 0.05) is 13.6 Å².